The molecule has 4 aromatic rings. The van der Waals surface area contributed by atoms with Crippen LogP contribution in [0.15, 0.2) is 24.7 Å². The van der Waals surface area contributed by atoms with E-state index in [2.05, 4.69) is 39.9 Å². The largest absolute Gasteiger partial charge is 0.354 e. The minimum Gasteiger partial charge on any atom is -0.354 e. The predicted octanol–water partition coefficient (Wildman–Crippen LogP) is 4.48. The van der Waals surface area contributed by atoms with Crippen molar-refractivity contribution in [1.29, 1.82) is 0 Å². The minimum absolute atomic E-state index is 0.0771. The maximum atomic E-state index is 13.6. The van der Waals surface area contributed by atoms with Crippen LogP contribution < -0.4 is 0 Å². The number of nitrogens with zero attached hydrogens (tertiary/aromatic N) is 5. The summed E-state index contributed by atoms with van der Waals surface area (Å²) in [5.41, 5.74) is 6.27. The lowest BCUT2D eigenvalue weighted by Crippen LogP contribution is -2.49. The van der Waals surface area contributed by atoms with Crippen molar-refractivity contribution < 1.29 is 13.2 Å². The van der Waals surface area contributed by atoms with Crippen molar-refractivity contribution in [2.45, 2.75) is 64.5 Å². The lowest BCUT2D eigenvalue weighted by molar-refractivity contribution is 0.0640. The number of hydrogen-bond donors (Lipinski definition) is 1. The summed E-state index contributed by atoms with van der Waals surface area (Å²) < 4.78 is 26.5. The van der Waals surface area contributed by atoms with E-state index < -0.39 is 9.84 Å². The fourth-order valence-electron chi connectivity index (χ4n) is 6.36. The Morgan fingerprint density at radius 1 is 1.15 bits per heavy atom. The molecule has 1 aliphatic heterocycles. The van der Waals surface area contributed by atoms with Crippen LogP contribution in [0.3, 0.4) is 0 Å². The predicted molar refractivity (Wildman–Crippen MR) is 155 cm³/mol. The van der Waals surface area contributed by atoms with Crippen molar-refractivity contribution in [2.24, 2.45) is 0 Å². The molecule has 0 unspecified atom stereocenters. The molecule has 5 heterocycles. The number of pyridine rings is 1. The number of amides is 1. The zero-order valence-corrected chi connectivity index (χ0v) is 24.6. The molecule has 1 saturated carbocycles. The molecule has 2 aliphatic rings. The van der Waals surface area contributed by atoms with Gasteiger partial charge in [0.2, 0.25) is 0 Å². The summed E-state index contributed by atoms with van der Waals surface area (Å²) in [5, 5.41) is 4.34. The molecule has 1 N–H and O–H groups in total. The maximum absolute atomic E-state index is 13.6. The van der Waals surface area contributed by atoms with Crippen LogP contribution in [-0.4, -0.2) is 87.4 Å². The highest BCUT2D eigenvalue weighted by Crippen LogP contribution is 2.40. The molecular formula is C28H36N6O3S2. The topological polar surface area (TPSA) is 104 Å². The molecule has 0 bridgehead atoms. The Hall–Kier alpha value is -2.76. The standard InChI is InChI=1S/C28H36N6O3S2/c1-17(2)24-25(19-13-18(3)27-29-16-30-34(27)15-19)31-22-14-23(38-26(22)24)28(35)32(4)20-5-7-21(8-6-20)33-9-11-39(36,37)12-10-33/h13-17,20-21,31H,5-12H2,1-4H3. The van der Waals surface area contributed by atoms with E-state index in [9.17, 15) is 13.2 Å². The number of sulfone groups is 1. The van der Waals surface area contributed by atoms with Crippen LogP contribution in [-0.2, 0) is 9.84 Å². The summed E-state index contributed by atoms with van der Waals surface area (Å²) in [5.74, 6) is 0.894. The average Bonchev–Trinajstić information content (AvgIpc) is 3.62. The number of aryl methyl sites for hydroxylation is 1. The van der Waals surface area contributed by atoms with Gasteiger partial charge in [0.25, 0.3) is 5.91 Å². The molecule has 39 heavy (non-hydrogen) atoms. The van der Waals surface area contributed by atoms with Gasteiger partial charge < -0.3 is 9.88 Å². The highest BCUT2D eigenvalue weighted by molar-refractivity contribution is 7.91. The Morgan fingerprint density at radius 2 is 1.87 bits per heavy atom. The second kappa shape index (κ2) is 10.0. The van der Waals surface area contributed by atoms with Crippen LogP contribution in [0.4, 0.5) is 0 Å². The van der Waals surface area contributed by atoms with Crippen LogP contribution in [0.1, 0.15) is 66.2 Å². The Kier molecular flexibility index (Phi) is 6.79. The molecule has 0 aromatic carbocycles. The zero-order chi connectivity index (χ0) is 27.5. The molecule has 0 radical (unpaired) electrons. The summed E-state index contributed by atoms with van der Waals surface area (Å²) in [6.07, 6.45) is 7.49. The fourth-order valence-corrected chi connectivity index (χ4v) is 8.88. The number of fused-ring (bicyclic) bond motifs is 2. The number of carbonyl (C=O) groups is 1. The number of thiophene rings is 1. The number of rotatable bonds is 5. The molecule has 1 aliphatic carbocycles. The second-order valence-electron chi connectivity index (χ2n) is 11.4. The van der Waals surface area contributed by atoms with E-state index in [1.807, 2.05) is 35.6 Å². The van der Waals surface area contributed by atoms with Gasteiger partial charge in [-0.3, -0.25) is 9.69 Å². The second-order valence-corrected chi connectivity index (χ2v) is 14.8. The normalized spacial score (nSPS) is 22.2. The lowest BCUT2D eigenvalue weighted by Gasteiger charge is -2.40. The maximum Gasteiger partial charge on any atom is 0.264 e. The first-order valence-corrected chi connectivity index (χ1v) is 16.4. The quantitative estimate of drug-likeness (QED) is 0.381. The summed E-state index contributed by atoms with van der Waals surface area (Å²) in [6, 6.07) is 4.78. The van der Waals surface area contributed by atoms with Crippen molar-refractivity contribution >= 4 is 42.9 Å². The highest BCUT2D eigenvalue weighted by atomic mass is 32.2. The number of hydrogen-bond acceptors (Lipinski definition) is 7. The van der Waals surface area contributed by atoms with Gasteiger partial charge >= 0.3 is 0 Å². The van der Waals surface area contributed by atoms with Crippen LogP contribution in [0.5, 0.6) is 0 Å². The molecule has 11 heteroatoms. The summed E-state index contributed by atoms with van der Waals surface area (Å²) >= 11 is 1.58. The third kappa shape index (κ3) is 4.89. The van der Waals surface area contributed by atoms with Gasteiger partial charge in [-0.1, -0.05) is 13.8 Å². The zero-order valence-electron chi connectivity index (χ0n) is 23.0. The highest BCUT2D eigenvalue weighted by Gasteiger charge is 2.33. The average molecular weight is 569 g/mol. The van der Waals surface area contributed by atoms with E-state index in [0.29, 0.717) is 19.1 Å². The van der Waals surface area contributed by atoms with Crippen molar-refractivity contribution in [3.8, 4) is 11.3 Å². The number of aromatic nitrogens is 4. The number of nitrogens with one attached hydrogen (secondary N) is 1. The van der Waals surface area contributed by atoms with E-state index in [1.54, 1.807) is 17.7 Å². The van der Waals surface area contributed by atoms with Gasteiger partial charge in [0, 0.05) is 44.0 Å². The molecule has 4 aromatic heterocycles. The minimum atomic E-state index is -2.86. The monoisotopic (exact) mass is 568 g/mol. The van der Waals surface area contributed by atoms with E-state index >= 15 is 0 Å². The third-order valence-electron chi connectivity index (χ3n) is 8.57. The first-order chi connectivity index (χ1) is 18.6. The number of aromatic amines is 1. The lowest BCUT2D eigenvalue weighted by atomic mass is 9.89. The van der Waals surface area contributed by atoms with E-state index in [1.165, 1.54) is 5.56 Å². The third-order valence-corrected chi connectivity index (χ3v) is 11.3. The molecule has 6 rings (SSSR count). The molecule has 208 valence electrons. The van der Waals surface area contributed by atoms with Gasteiger partial charge in [-0.05, 0) is 61.8 Å². The van der Waals surface area contributed by atoms with Crippen molar-refractivity contribution in [3.05, 3.63) is 40.7 Å². The SMILES string of the molecule is Cc1cc(-c2[nH]c3cc(C(=O)N(C)C4CCC(N5CCS(=O)(=O)CC5)CC4)sc3c2C(C)C)cn2ncnc12. The summed E-state index contributed by atoms with van der Waals surface area (Å²) in [7, 11) is -0.934. The van der Waals surface area contributed by atoms with Crippen LogP contribution >= 0.6 is 11.3 Å². The van der Waals surface area contributed by atoms with Crippen LogP contribution in [0, 0.1) is 6.92 Å². The van der Waals surface area contributed by atoms with Gasteiger partial charge in [0.15, 0.2) is 15.5 Å². The number of H-pyrrole nitrogens is 1. The van der Waals surface area contributed by atoms with E-state index in [4.69, 9.17) is 0 Å². The van der Waals surface area contributed by atoms with Gasteiger partial charge in [-0.2, -0.15) is 5.10 Å². The van der Waals surface area contributed by atoms with Gasteiger partial charge in [0.05, 0.1) is 32.3 Å². The molecule has 9 nitrogen and oxygen atoms in total. The molecule has 1 amide bonds. The van der Waals surface area contributed by atoms with Crippen molar-refractivity contribution in [3.63, 3.8) is 0 Å². The summed E-state index contributed by atoms with van der Waals surface area (Å²) in [6.45, 7) is 7.71. The van der Waals surface area contributed by atoms with Crippen molar-refractivity contribution in [2.75, 3.05) is 31.6 Å². The number of carbonyl (C=O) groups excluding carboxylic acids is 1. The van der Waals surface area contributed by atoms with Gasteiger partial charge in [0.1, 0.15) is 6.33 Å². The van der Waals surface area contributed by atoms with Crippen LogP contribution in [0.2, 0.25) is 0 Å². The fraction of sp³-hybridized carbons (Fsp3) is 0.536. The molecule has 1 saturated heterocycles. The summed E-state index contributed by atoms with van der Waals surface area (Å²) in [4.78, 5) is 26.6. The Labute approximate surface area is 233 Å². The van der Waals surface area contributed by atoms with Crippen LogP contribution in [0.25, 0.3) is 27.1 Å². The first kappa shape index (κ1) is 26.5. The first-order valence-electron chi connectivity index (χ1n) is 13.8. The van der Waals surface area contributed by atoms with Gasteiger partial charge in [-0.25, -0.2) is 17.9 Å². The Bertz CT molecular complexity index is 1630. The van der Waals surface area contributed by atoms with Crippen molar-refractivity contribution in [1.82, 2.24) is 29.4 Å². The van der Waals surface area contributed by atoms with E-state index in [0.717, 1.165) is 63.2 Å². The Balaban J connectivity index is 1.19. The Morgan fingerprint density at radius 3 is 2.56 bits per heavy atom. The van der Waals surface area contributed by atoms with E-state index in [-0.39, 0.29) is 29.4 Å². The molecule has 0 spiro atoms. The van der Waals surface area contributed by atoms with Gasteiger partial charge in [-0.15, -0.1) is 11.3 Å². The molecular weight excluding hydrogens is 532 g/mol. The molecule has 2 fully saturated rings. The smallest absolute Gasteiger partial charge is 0.264 e. The molecule has 0 atom stereocenters.